The van der Waals surface area contributed by atoms with Crippen LogP contribution >= 0.6 is 11.3 Å². The zero-order chi connectivity index (χ0) is 15.7. The lowest BCUT2D eigenvalue weighted by molar-refractivity contribution is 0.252. The lowest BCUT2D eigenvalue weighted by Gasteiger charge is -2.31. The van der Waals surface area contributed by atoms with Gasteiger partial charge >= 0.3 is 0 Å². The fourth-order valence-electron chi connectivity index (χ4n) is 2.89. The molecule has 3 rings (SSSR count). The third kappa shape index (κ3) is 3.11. The molecule has 7 heteroatoms. The zero-order valence-corrected chi connectivity index (χ0v) is 14.5. The molecule has 2 aromatic heterocycles. The number of thiophene rings is 1. The van der Waals surface area contributed by atoms with Gasteiger partial charge in [0, 0.05) is 36.9 Å². The van der Waals surface area contributed by atoms with Crippen LogP contribution in [0.5, 0.6) is 0 Å². The minimum absolute atomic E-state index is 0.467. The number of piperidine rings is 1. The minimum atomic E-state index is -3.30. The lowest BCUT2D eigenvalue weighted by atomic mass is 9.98. The van der Waals surface area contributed by atoms with Crippen molar-refractivity contribution in [2.75, 3.05) is 13.1 Å². The second-order valence-electron chi connectivity index (χ2n) is 5.84. The molecule has 0 atom stereocenters. The Morgan fingerprint density at radius 1 is 1.27 bits per heavy atom. The van der Waals surface area contributed by atoms with Crippen molar-refractivity contribution in [1.29, 1.82) is 0 Å². The van der Waals surface area contributed by atoms with Crippen molar-refractivity contribution in [3.05, 3.63) is 35.2 Å². The first kappa shape index (κ1) is 15.7. The van der Waals surface area contributed by atoms with E-state index in [1.54, 1.807) is 10.4 Å². The molecule has 1 aliphatic heterocycles. The summed E-state index contributed by atoms with van der Waals surface area (Å²) in [5.74, 6) is 1.54. The predicted octanol–water partition coefficient (Wildman–Crippen LogP) is 2.66. The van der Waals surface area contributed by atoms with E-state index in [1.165, 1.54) is 11.3 Å². The van der Waals surface area contributed by atoms with Crippen LogP contribution in [0.15, 0.2) is 28.7 Å². The van der Waals surface area contributed by atoms with Gasteiger partial charge in [0.15, 0.2) is 0 Å². The predicted molar refractivity (Wildman–Crippen MR) is 87.5 cm³/mol. The van der Waals surface area contributed by atoms with Crippen LogP contribution in [-0.4, -0.2) is 35.4 Å². The Bertz CT molecular complexity index is 740. The third-order valence-electron chi connectivity index (χ3n) is 4.26. The standard InChI is InChI=1S/C15H21N3O2S2/c1-12-3-4-15(21-12)22(19,20)18-8-5-14(6-9-18)11-17-10-7-16-13(17)2/h3-4,7,10,14H,5-6,8-9,11H2,1-2H3. The maximum atomic E-state index is 12.6. The fraction of sp³-hybridized carbons (Fsp3) is 0.533. The molecular formula is C15H21N3O2S2. The molecule has 0 saturated carbocycles. The Morgan fingerprint density at radius 2 is 2.00 bits per heavy atom. The second kappa shape index (κ2) is 6.14. The van der Waals surface area contributed by atoms with Gasteiger partial charge < -0.3 is 4.57 Å². The lowest BCUT2D eigenvalue weighted by Crippen LogP contribution is -2.39. The van der Waals surface area contributed by atoms with Gasteiger partial charge in [-0.15, -0.1) is 11.3 Å². The monoisotopic (exact) mass is 339 g/mol. The van der Waals surface area contributed by atoms with E-state index in [2.05, 4.69) is 9.55 Å². The molecule has 0 spiro atoms. The number of hydrogen-bond acceptors (Lipinski definition) is 4. The Morgan fingerprint density at radius 3 is 2.55 bits per heavy atom. The zero-order valence-electron chi connectivity index (χ0n) is 12.9. The van der Waals surface area contributed by atoms with Crippen molar-refractivity contribution in [2.45, 2.75) is 37.4 Å². The summed E-state index contributed by atoms with van der Waals surface area (Å²) in [6.07, 6.45) is 5.61. The third-order valence-corrected chi connectivity index (χ3v) is 7.63. The number of aryl methyl sites for hydroxylation is 2. The van der Waals surface area contributed by atoms with Gasteiger partial charge in [0.1, 0.15) is 10.0 Å². The van der Waals surface area contributed by atoms with Crippen LogP contribution in [0.25, 0.3) is 0 Å². The van der Waals surface area contributed by atoms with Gasteiger partial charge in [-0.05, 0) is 44.7 Å². The topological polar surface area (TPSA) is 55.2 Å². The van der Waals surface area contributed by atoms with Gasteiger partial charge in [0.05, 0.1) is 0 Å². The van der Waals surface area contributed by atoms with Gasteiger partial charge in [-0.1, -0.05) is 0 Å². The van der Waals surface area contributed by atoms with E-state index in [0.29, 0.717) is 23.2 Å². The Kier molecular flexibility index (Phi) is 4.38. The Hall–Kier alpha value is -1.18. The van der Waals surface area contributed by atoms with Crippen molar-refractivity contribution >= 4 is 21.4 Å². The number of rotatable bonds is 4. The summed E-state index contributed by atoms with van der Waals surface area (Å²) < 4.78 is 29.5. The molecule has 3 heterocycles. The smallest absolute Gasteiger partial charge is 0.252 e. The van der Waals surface area contributed by atoms with Crippen LogP contribution in [0.2, 0.25) is 0 Å². The fourth-order valence-corrected chi connectivity index (χ4v) is 5.79. The van der Waals surface area contributed by atoms with E-state index >= 15 is 0 Å². The van der Waals surface area contributed by atoms with Crippen LogP contribution in [0.4, 0.5) is 0 Å². The van der Waals surface area contributed by atoms with Crippen molar-refractivity contribution in [3.8, 4) is 0 Å². The second-order valence-corrected chi connectivity index (χ2v) is 9.29. The summed E-state index contributed by atoms with van der Waals surface area (Å²) in [5, 5.41) is 0. The average molecular weight is 339 g/mol. The summed E-state index contributed by atoms with van der Waals surface area (Å²) in [4.78, 5) is 5.27. The highest BCUT2D eigenvalue weighted by Crippen LogP contribution is 2.28. The molecule has 1 saturated heterocycles. The first-order chi connectivity index (χ1) is 10.5. The molecule has 120 valence electrons. The summed E-state index contributed by atoms with van der Waals surface area (Å²) in [7, 11) is -3.30. The number of aromatic nitrogens is 2. The van der Waals surface area contributed by atoms with Crippen molar-refractivity contribution < 1.29 is 8.42 Å². The van der Waals surface area contributed by atoms with Crippen LogP contribution < -0.4 is 0 Å². The van der Waals surface area contributed by atoms with E-state index in [9.17, 15) is 8.42 Å². The van der Waals surface area contributed by atoms with Gasteiger partial charge in [-0.25, -0.2) is 13.4 Å². The molecule has 0 N–H and O–H groups in total. The van der Waals surface area contributed by atoms with Crippen LogP contribution in [0, 0.1) is 19.8 Å². The van der Waals surface area contributed by atoms with E-state index in [-0.39, 0.29) is 0 Å². The molecule has 5 nitrogen and oxygen atoms in total. The number of nitrogens with zero attached hydrogens (tertiary/aromatic N) is 3. The molecule has 0 radical (unpaired) electrons. The molecule has 0 aromatic carbocycles. The Balaban J connectivity index is 1.63. The molecule has 1 fully saturated rings. The molecular weight excluding hydrogens is 318 g/mol. The summed E-state index contributed by atoms with van der Waals surface area (Å²) in [6.45, 7) is 6.08. The average Bonchev–Trinajstić information content (AvgIpc) is 3.09. The maximum Gasteiger partial charge on any atom is 0.252 e. The van der Waals surface area contributed by atoms with Crippen molar-refractivity contribution in [3.63, 3.8) is 0 Å². The summed E-state index contributed by atoms with van der Waals surface area (Å²) >= 11 is 1.35. The molecule has 1 aliphatic rings. The van der Waals surface area contributed by atoms with Gasteiger partial charge in [-0.2, -0.15) is 4.31 Å². The largest absolute Gasteiger partial charge is 0.335 e. The van der Waals surface area contributed by atoms with E-state index in [0.717, 1.165) is 30.1 Å². The first-order valence-electron chi connectivity index (χ1n) is 7.51. The Labute approximate surface area is 135 Å². The summed E-state index contributed by atoms with van der Waals surface area (Å²) in [5.41, 5.74) is 0. The molecule has 2 aromatic rings. The van der Waals surface area contributed by atoms with Crippen molar-refractivity contribution in [1.82, 2.24) is 13.9 Å². The highest BCUT2D eigenvalue weighted by molar-refractivity contribution is 7.91. The van der Waals surface area contributed by atoms with Crippen LogP contribution in [-0.2, 0) is 16.6 Å². The van der Waals surface area contributed by atoms with Gasteiger partial charge in [-0.3, -0.25) is 0 Å². The van der Waals surface area contributed by atoms with Gasteiger partial charge in [0.2, 0.25) is 0 Å². The van der Waals surface area contributed by atoms with E-state index in [4.69, 9.17) is 0 Å². The maximum absolute atomic E-state index is 12.6. The minimum Gasteiger partial charge on any atom is -0.335 e. The normalized spacial score (nSPS) is 17.9. The van der Waals surface area contributed by atoms with Crippen LogP contribution in [0.1, 0.15) is 23.5 Å². The van der Waals surface area contributed by atoms with E-state index < -0.39 is 10.0 Å². The molecule has 22 heavy (non-hydrogen) atoms. The van der Waals surface area contributed by atoms with Crippen LogP contribution in [0.3, 0.4) is 0 Å². The number of imidazole rings is 1. The van der Waals surface area contributed by atoms with Crippen molar-refractivity contribution in [2.24, 2.45) is 5.92 Å². The molecule has 0 amide bonds. The number of sulfonamides is 1. The number of hydrogen-bond donors (Lipinski definition) is 0. The van der Waals surface area contributed by atoms with Gasteiger partial charge in [0.25, 0.3) is 10.0 Å². The quantitative estimate of drug-likeness (QED) is 0.860. The first-order valence-corrected chi connectivity index (χ1v) is 9.77. The molecule has 0 bridgehead atoms. The SMILES string of the molecule is Cc1ccc(S(=O)(=O)N2CCC(Cn3ccnc3C)CC2)s1. The van der Waals surface area contributed by atoms with E-state index in [1.807, 2.05) is 32.3 Å². The molecule has 0 unspecified atom stereocenters. The highest BCUT2D eigenvalue weighted by Gasteiger charge is 2.30. The highest BCUT2D eigenvalue weighted by atomic mass is 32.2. The molecule has 0 aliphatic carbocycles. The summed E-state index contributed by atoms with van der Waals surface area (Å²) in [6, 6.07) is 3.59.